The molecule has 2 rings (SSSR count). The fraction of sp³-hybridized carbons (Fsp3) is 0.500. The predicted molar refractivity (Wildman–Crippen MR) is 55.3 cm³/mol. The molecule has 0 unspecified atom stereocenters. The molecule has 0 aromatic carbocycles. The third-order valence-corrected chi connectivity index (χ3v) is 2.52. The molecule has 1 aliphatic carbocycles. The summed E-state index contributed by atoms with van der Waals surface area (Å²) in [5.41, 5.74) is 0.976. The maximum atomic E-state index is 11.3. The van der Waals surface area contributed by atoms with Gasteiger partial charge in [-0.3, -0.25) is 9.59 Å². The number of anilines is 1. The SMILES string of the molecule is CCC(=O)Nc1c(C2CC2)cnn1C=O. The Kier molecular flexibility index (Phi) is 2.53. The topological polar surface area (TPSA) is 64.0 Å². The summed E-state index contributed by atoms with van der Waals surface area (Å²) >= 11 is 0. The molecule has 0 bridgehead atoms. The molecule has 1 aliphatic rings. The highest BCUT2D eigenvalue weighted by Gasteiger charge is 2.29. The second-order valence-corrected chi connectivity index (χ2v) is 3.67. The summed E-state index contributed by atoms with van der Waals surface area (Å²) in [6.45, 7) is 1.77. The lowest BCUT2D eigenvalue weighted by Gasteiger charge is -2.05. The summed E-state index contributed by atoms with van der Waals surface area (Å²) in [7, 11) is 0. The molecule has 5 heteroatoms. The van der Waals surface area contributed by atoms with E-state index in [0.717, 1.165) is 18.4 Å². The van der Waals surface area contributed by atoms with E-state index in [-0.39, 0.29) is 5.91 Å². The van der Waals surface area contributed by atoms with E-state index in [9.17, 15) is 9.59 Å². The number of nitrogens with zero attached hydrogens (tertiary/aromatic N) is 2. The van der Waals surface area contributed by atoms with E-state index in [4.69, 9.17) is 0 Å². The molecule has 1 fully saturated rings. The van der Waals surface area contributed by atoms with Crippen LogP contribution >= 0.6 is 0 Å². The standard InChI is InChI=1S/C10H13N3O2/c1-2-9(15)12-10-8(7-3-4-7)5-11-13(10)6-14/h5-7H,2-4H2,1H3,(H,12,15). The lowest BCUT2D eigenvalue weighted by molar-refractivity contribution is -0.115. The summed E-state index contributed by atoms with van der Waals surface area (Å²) in [4.78, 5) is 22.0. The second kappa shape index (κ2) is 3.84. The molecule has 1 aromatic heterocycles. The van der Waals surface area contributed by atoms with Crippen molar-refractivity contribution < 1.29 is 9.59 Å². The van der Waals surface area contributed by atoms with Crippen molar-refractivity contribution in [1.82, 2.24) is 9.78 Å². The Morgan fingerprint density at radius 2 is 2.47 bits per heavy atom. The second-order valence-electron chi connectivity index (χ2n) is 3.67. The van der Waals surface area contributed by atoms with E-state index in [2.05, 4.69) is 10.4 Å². The van der Waals surface area contributed by atoms with Gasteiger partial charge in [0.25, 0.3) is 0 Å². The van der Waals surface area contributed by atoms with Crippen LogP contribution in [-0.4, -0.2) is 22.1 Å². The molecule has 0 aliphatic heterocycles. The molecular formula is C10H13N3O2. The predicted octanol–water partition coefficient (Wildman–Crippen LogP) is 1.15. The molecule has 1 N–H and O–H groups in total. The van der Waals surface area contributed by atoms with Crippen LogP contribution in [0.2, 0.25) is 0 Å². The minimum atomic E-state index is -0.0968. The zero-order valence-corrected chi connectivity index (χ0v) is 8.56. The van der Waals surface area contributed by atoms with Crippen molar-refractivity contribution in [3.63, 3.8) is 0 Å². The summed E-state index contributed by atoms with van der Waals surface area (Å²) in [6.07, 6.45) is 4.89. The average molecular weight is 207 g/mol. The number of hydrogen-bond donors (Lipinski definition) is 1. The van der Waals surface area contributed by atoms with Crippen molar-refractivity contribution in [2.75, 3.05) is 5.32 Å². The van der Waals surface area contributed by atoms with E-state index in [1.54, 1.807) is 13.1 Å². The first-order chi connectivity index (χ1) is 7.26. The van der Waals surface area contributed by atoms with Crippen molar-refractivity contribution in [2.45, 2.75) is 32.1 Å². The maximum Gasteiger partial charge on any atom is 0.236 e. The zero-order chi connectivity index (χ0) is 10.8. The lowest BCUT2D eigenvalue weighted by atomic mass is 10.2. The van der Waals surface area contributed by atoms with Crippen molar-refractivity contribution in [3.05, 3.63) is 11.8 Å². The van der Waals surface area contributed by atoms with Gasteiger partial charge in [-0.05, 0) is 18.8 Å². The normalized spacial score (nSPS) is 15.0. The average Bonchev–Trinajstić information content (AvgIpc) is 3.01. The summed E-state index contributed by atoms with van der Waals surface area (Å²) in [6, 6.07) is 0. The third-order valence-electron chi connectivity index (χ3n) is 2.52. The van der Waals surface area contributed by atoms with Crippen LogP contribution in [0.1, 0.15) is 37.7 Å². The van der Waals surface area contributed by atoms with Gasteiger partial charge in [-0.1, -0.05) is 6.92 Å². The molecule has 0 radical (unpaired) electrons. The smallest absolute Gasteiger partial charge is 0.236 e. The Bertz CT molecular complexity index is 393. The van der Waals surface area contributed by atoms with E-state index < -0.39 is 0 Å². The maximum absolute atomic E-state index is 11.3. The van der Waals surface area contributed by atoms with Crippen LogP contribution in [0.5, 0.6) is 0 Å². The summed E-state index contributed by atoms with van der Waals surface area (Å²) in [5.74, 6) is 0.908. The Labute approximate surface area is 87.5 Å². The molecular weight excluding hydrogens is 194 g/mol. The van der Waals surface area contributed by atoms with Crippen LogP contribution in [-0.2, 0) is 9.59 Å². The van der Waals surface area contributed by atoms with E-state index in [1.807, 2.05) is 0 Å². The number of carbonyl (C=O) groups excluding carboxylic acids is 2. The van der Waals surface area contributed by atoms with Gasteiger partial charge in [-0.15, -0.1) is 0 Å². The number of nitrogens with one attached hydrogen (secondary N) is 1. The van der Waals surface area contributed by atoms with E-state index in [0.29, 0.717) is 24.6 Å². The van der Waals surface area contributed by atoms with Crippen LogP contribution in [0.4, 0.5) is 5.82 Å². The minimum Gasteiger partial charge on any atom is -0.310 e. The highest BCUT2D eigenvalue weighted by atomic mass is 16.2. The van der Waals surface area contributed by atoms with Gasteiger partial charge >= 0.3 is 0 Å². The van der Waals surface area contributed by atoms with Gasteiger partial charge in [0.1, 0.15) is 5.82 Å². The molecule has 1 aromatic rings. The van der Waals surface area contributed by atoms with Crippen molar-refractivity contribution >= 4 is 18.1 Å². The Hall–Kier alpha value is -1.65. The Morgan fingerprint density at radius 1 is 1.73 bits per heavy atom. The fourth-order valence-corrected chi connectivity index (χ4v) is 1.50. The zero-order valence-electron chi connectivity index (χ0n) is 8.56. The third kappa shape index (κ3) is 1.91. The molecule has 5 nitrogen and oxygen atoms in total. The molecule has 0 saturated heterocycles. The number of aromatic nitrogens is 2. The first-order valence-corrected chi connectivity index (χ1v) is 5.08. The van der Waals surface area contributed by atoms with Gasteiger partial charge < -0.3 is 5.32 Å². The number of amides is 1. The first kappa shape index (κ1) is 9.89. The van der Waals surface area contributed by atoms with Crippen molar-refractivity contribution in [2.24, 2.45) is 0 Å². The largest absolute Gasteiger partial charge is 0.310 e. The molecule has 0 atom stereocenters. The van der Waals surface area contributed by atoms with Gasteiger partial charge in [0.15, 0.2) is 0 Å². The molecule has 1 amide bonds. The summed E-state index contributed by atoms with van der Waals surface area (Å²) < 4.78 is 1.18. The minimum absolute atomic E-state index is 0.0968. The van der Waals surface area contributed by atoms with Gasteiger partial charge in [0.05, 0.1) is 6.20 Å². The fourth-order valence-electron chi connectivity index (χ4n) is 1.50. The molecule has 0 spiro atoms. The lowest BCUT2D eigenvalue weighted by Crippen LogP contribution is -2.15. The van der Waals surface area contributed by atoms with Crippen LogP contribution < -0.4 is 5.32 Å². The van der Waals surface area contributed by atoms with E-state index >= 15 is 0 Å². The van der Waals surface area contributed by atoms with Crippen molar-refractivity contribution in [3.8, 4) is 0 Å². The van der Waals surface area contributed by atoms with Crippen LogP contribution in [0, 0.1) is 0 Å². The van der Waals surface area contributed by atoms with Crippen LogP contribution in [0.25, 0.3) is 0 Å². The van der Waals surface area contributed by atoms with Crippen LogP contribution in [0.3, 0.4) is 0 Å². The first-order valence-electron chi connectivity index (χ1n) is 5.08. The number of carbonyl (C=O) groups is 2. The molecule has 15 heavy (non-hydrogen) atoms. The summed E-state index contributed by atoms with van der Waals surface area (Å²) in [5, 5.41) is 6.63. The van der Waals surface area contributed by atoms with Gasteiger partial charge in [0, 0.05) is 12.0 Å². The van der Waals surface area contributed by atoms with Gasteiger partial charge in [0.2, 0.25) is 12.3 Å². The highest BCUT2D eigenvalue weighted by molar-refractivity contribution is 5.91. The number of hydrogen-bond acceptors (Lipinski definition) is 3. The van der Waals surface area contributed by atoms with Gasteiger partial charge in [-0.2, -0.15) is 9.78 Å². The van der Waals surface area contributed by atoms with Gasteiger partial charge in [-0.25, -0.2) is 0 Å². The monoisotopic (exact) mass is 207 g/mol. The molecule has 1 saturated carbocycles. The molecule has 80 valence electrons. The highest BCUT2D eigenvalue weighted by Crippen LogP contribution is 2.43. The van der Waals surface area contributed by atoms with Crippen LogP contribution in [0.15, 0.2) is 6.20 Å². The van der Waals surface area contributed by atoms with Crippen molar-refractivity contribution in [1.29, 1.82) is 0 Å². The molecule has 1 heterocycles. The van der Waals surface area contributed by atoms with E-state index in [1.165, 1.54) is 4.68 Å². The Balaban J connectivity index is 2.27. The Morgan fingerprint density at radius 3 is 3.00 bits per heavy atom. The quantitative estimate of drug-likeness (QED) is 0.753. The number of rotatable bonds is 4.